The molecule has 1 aliphatic heterocycles. The molecule has 0 saturated carbocycles. The van der Waals surface area contributed by atoms with Crippen LogP contribution < -0.4 is 5.32 Å². The summed E-state index contributed by atoms with van der Waals surface area (Å²) in [5.41, 5.74) is 2.57. The van der Waals surface area contributed by atoms with E-state index in [1.807, 2.05) is 25.5 Å². The zero-order valence-corrected chi connectivity index (χ0v) is 12.2. The van der Waals surface area contributed by atoms with E-state index in [9.17, 15) is 4.79 Å². The highest BCUT2D eigenvalue weighted by Gasteiger charge is 2.24. The molecular formula is C14H23N3O2. The van der Waals surface area contributed by atoms with Crippen LogP contribution in [0, 0.1) is 13.8 Å². The van der Waals surface area contributed by atoms with Crippen LogP contribution in [0.1, 0.15) is 42.0 Å². The number of morpholine rings is 1. The van der Waals surface area contributed by atoms with Gasteiger partial charge in [-0.2, -0.15) is 5.10 Å². The van der Waals surface area contributed by atoms with E-state index in [4.69, 9.17) is 4.74 Å². The molecule has 2 unspecified atom stereocenters. The molecule has 2 heterocycles. The van der Waals surface area contributed by atoms with Crippen molar-refractivity contribution in [2.75, 3.05) is 13.2 Å². The molecule has 0 spiro atoms. The Bertz CT molecular complexity index is 468. The smallest absolute Gasteiger partial charge is 0.168 e. The molecule has 0 bridgehead atoms. The Morgan fingerprint density at radius 3 is 2.79 bits per heavy atom. The van der Waals surface area contributed by atoms with Crippen molar-refractivity contribution in [3.63, 3.8) is 0 Å². The zero-order chi connectivity index (χ0) is 14.0. The van der Waals surface area contributed by atoms with Crippen LogP contribution in [0.5, 0.6) is 0 Å². The molecule has 0 radical (unpaired) electrons. The number of ketones is 1. The molecule has 1 aromatic heterocycles. The lowest BCUT2D eigenvalue weighted by atomic mass is 10.0. The van der Waals surface area contributed by atoms with E-state index in [-0.39, 0.29) is 11.8 Å². The summed E-state index contributed by atoms with van der Waals surface area (Å²) in [6.07, 6.45) is 0.474. The summed E-state index contributed by atoms with van der Waals surface area (Å²) in [5.74, 6) is 0.157. The fourth-order valence-electron chi connectivity index (χ4n) is 2.74. The molecular weight excluding hydrogens is 242 g/mol. The molecule has 19 heavy (non-hydrogen) atoms. The van der Waals surface area contributed by atoms with Crippen LogP contribution in [-0.4, -0.2) is 40.9 Å². The van der Waals surface area contributed by atoms with Crippen molar-refractivity contribution in [3.05, 3.63) is 17.0 Å². The van der Waals surface area contributed by atoms with E-state index in [1.165, 1.54) is 0 Å². The number of nitrogens with zero attached hydrogens (tertiary/aromatic N) is 2. The Hall–Kier alpha value is -1.20. The van der Waals surface area contributed by atoms with Gasteiger partial charge in [0.15, 0.2) is 5.78 Å². The quantitative estimate of drug-likeness (QED) is 0.838. The van der Waals surface area contributed by atoms with Crippen LogP contribution >= 0.6 is 0 Å². The first-order valence-electron chi connectivity index (χ1n) is 6.94. The highest BCUT2D eigenvalue weighted by Crippen LogP contribution is 2.17. The molecule has 0 aromatic carbocycles. The van der Waals surface area contributed by atoms with Gasteiger partial charge in [0.05, 0.1) is 24.5 Å². The van der Waals surface area contributed by atoms with E-state index in [2.05, 4.69) is 17.3 Å². The first-order chi connectivity index (χ1) is 9.02. The number of rotatable bonds is 4. The number of hydrogen-bond donors (Lipinski definition) is 1. The molecule has 5 heteroatoms. The normalized spacial score (nSPS) is 23.6. The Kier molecular flexibility index (Phi) is 4.37. The molecule has 2 atom stereocenters. The molecule has 1 N–H and O–H groups in total. The number of hydrogen-bond acceptors (Lipinski definition) is 4. The van der Waals surface area contributed by atoms with Gasteiger partial charge in [-0.05, 0) is 27.7 Å². The van der Waals surface area contributed by atoms with E-state index in [0.717, 1.165) is 30.1 Å². The maximum absolute atomic E-state index is 12.4. The summed E-state index contributed by atoms with van der Waals surface area (Å²) in [6.45, 7) is 10.1. The number of nitrogens with one attached hydrogen (secondary N) is 1. The number of ether oxygens (including phenoxy) is 1. The molecule has 0 aliphatic carbocycles. The molecule has 1 saturated heterocycles. The standard InChI is InChI=1S/C14H23N3O2/c1-5-17-11(4)14(10(3)16-17)13(18)6-12-8-19-7-9(2)15-12/h9,12,15H,5-8H2,1-4H3. The van der Waals surface area contributed by atoms with Crippen molar-refractivity contribution in [2.24, 2.45) is 0 Å². The van der Waals surface area contributed by atoms with E-state index < -0.39 is 0 Å². The topological polar surface area (TPSA) is 56.2 Å². The van der Waals surface area contributed by atoms with Crippen LogP contribution in [0.4, 0.5) is 0 Å². The minimum Gasteiger partial charge on any atom is -0.378 e. The van der Waals surface area contributed by atoms with E-state index in [1.54, 1.807) is 0 Å². The molecule has 1 aromatic rings. The fourth-order valence-corrected chi connectivity index (χ4v) is 2.74. The van der Waals surface area contributed by atoms with Gasteiger partial charge in [-0.3, -0.25) is 9.48 Å². The third-order valence-corrected chi connectivity index (χ3v) is 3.60. The van der Waals surface area contributed by atoms with Gasteiger partial charge < -0.3 is 10.1 Å². The number of Topliss-reactive ketones (excluding diaryl/α,β-unsaturated/α-hetero) is 1. The van der Waals surface area contributed by atoms with Gasteiger partial charge >= 0.3 is 0 Å². The van der Waals surface area contributed by atoms with Gasteiger partial charge in [-0.15, -0.1) is 0 Å². The van der Waals surface area contributed by atoms with Gasteiger partial charge in [-0.25, -0.2) is 0 Å². The second kappa shape index (κ2) is 5.84. The van der Waals surface area contributed by atoms with Gasteiger partial charge in [0.25, 0.3) is 0 Å². The lowest BCUT2D eigenvalue weighted by molar-refractivity contribution is 0.0463. The maximum Gasteiger partial charge on any atom is 0.168 e. The average Bonchev–Trinajstić information content (AvgIpc) is 2.64. The third kappa shape index (κ3) is 3.04. The first-order valence-corrected chi connectivity index (χ1v) is 6.94. The average molecular weight is 265 g/mol. The van der Waals surface area contributed by atoms with Crippen LogP contribution in [0.2, 0.25) is 0 Å². The number of aryl methyl sites for hydroxylation is 2. The van der Waals surface area contributed by atoms with Crippen molar-refractivity contribution in [1.29, 1.82) is 0 Å². The first kappa shape index (κ1) is 14.2. The number of aromatic nitrogens is 2. The Morgan fingerprint density at radius 1 is 1.47 bits per heavy atom. The lowest BCUT2D eigenvalue weighted by Crippen LogP contribution is -2.48. The number of carbonyl (C=O) groups excluding carboxylic acids is 1. The van der Waals surface area contributed by atoms with Crippen LogP contribution in [0.25, 0.3) is 0 Å². The monoisotopic (exact) mass is 265 g/mol. The molecule has 0 amide bonds. The molecule has 2 rings (SSSR count). The Morgan fingerprint density at radius 2 is 2.21 bits per heavy atom. The molecule has 1 aliphatic rings. The predicted octanol–water partition coefficient (Wildman–Crippen LogP) is 1.47. The zero-order valence-electron chi connectivity index (χ0n) is 12.2. The van der Waals surface area contributed by atoms with E-state index in [0.29, 0.717) is 19.1 Å². The van der Waals surface area contributed by atoms with Gasteiger partial charge in [0, 0.05) is 30.7 Å². The van der Waals surface area contributed by atoms with Crippen molar-refractivity contribution < 1.29 is 9.53 Å². The summed E-state index contributed by atoms with van der Waals surface area (Å²) in [4.78, 5) is 12.4. The van der Waals surface area contributed by atoms with Crippen molar-refractivity contribution in [1.82, 2.24) is 15.1 Å². The number of carbonyl (C=O) groups is 1. The Balaban J connectivity index is 2.09. The van der Waals surface area contributed by atoms with Gasteiger partial charge in [0.1, 0.15) is 0 Å². The predicted molar refractivity (Wildman–Crippen MR) is 73.5 cm³/mol. The summed E-state index contributed by atoms with van der Waals surface area (Å²) in [6, 6.07) is 0.423. The van der Waals surface area contributed by atoms with E-state index >= 15 is 0 Å². The van der Waals surface area contributed by atoms with Crippen LogP contribution in [0.15, 0.2) is 0 Å². The summed E-state index contributed by atoms with van der Waals surface area (Å²) < 4.78 is 7.37. The van der Waals surface area contributed by atoms with Crippen molar-refractivity contribution in [2.45, 2.75) is 52.7 Å². The molecule has 1 fully saturated rings. The van der Waals surface area contributed by atoms with Crippen LogP contribution in [-0.2, 0) is 11.3 Å². The SMILES string of the molecule is CCn1nc(C)c(C(=O)CC2COCC(C)N2)c1C. The Labute approximate surface area is 114 Å². The highest BCUT2D eigenvalue weighted by atomic mass is 16.5. The second-order valence-corrected chi connectivity index (χ2v) is 5.29. The van der Waals surface area contributed by atoms with Gasteiger partial charge in [0.2, 0.25) is 0 Å². The fraction of sp³-hybridized carbons (Fsp3) is 0.714. The lowest BCUT2D eigenvalue weighted by Gasteiger charge is -2.28. The summed E-state index contributed by atoms with van der Waals surface area (Å²) in [7, 11) is 0. The molecule has 106 valence electrons. The second-order valence-electron chi connectivity index (χ2n) is 5.29. The van der Waals surface area contributed by atoms with Crippen molar-refractivity contribution in [3.8, 4) is 0 Å². The largest absolute Gasteiger partial charge is 0.378 e. The summed E-state index contributed by atoms with van der Waals surface area (Å²) in [5, 5.41) is 7.81. The maximum atomic E-state index is 12.4. The highest BCUT2D eigenvalue weighted by molar-refractivity contribution is 5.98. The summed E-state index contributed by atoms with van der Waals surface area (Å²) >= 11 is 0. The minimum absolute atomic E-state index is 0.111. The molecule has 5 nitrogen and oxygen atoms in total. The minimum atomic E-state index is 0.111. The van der Waals surface area contributed by atoms with Gasteiger partial charge in [-0.1, -0.05) is 0 Å². The van der Waals surface area contributed by atoms with Crippen molar-refractivity contribution >= 4 is 5.78 Å². The third-order valence-electron chi connectivity index (χ3n) is 3.60. The van der Waals surface area contributed by atoms with Crippen LogP contribution in [0.3, 0.4) is 0 Å².